The largest absolute Gasteiger partial charge is 0.455 e. The predicted molar refractivity (Wildman–Crippen MR) is 111 cm³/mol. The quantitative estimate of drug-likeness (QED) is 0.463. The standard InChI is InChI=1S/C21H18N2O4S2/c1-23(13-20-22-17-9-5-6-10-19(17)28-20)21(24)18-12-11-15(27-18)14-29(25,26)16-7-3-2-4-8-16/h2-12H,13-14H2,1H3. The van der Waals surface area contributed by atoms with E-state index < -0.39 is 9.84 Å². The van der Waals surface area contributed by atoms with Crippen molar-refractivity contribution in [1.82, 2.24) is 9.88 Å². The Balaban J connectivity index is 1.46. The molecule has 0 spiro atoms. The molecule has 2 aromatic carbocycles. The van der Waals surface area contributed by atoms with Crippen molar-refractivity contribution >= 4 is 37.3 Å². The number of amides is 1. The van der Waals surface area contributed by atoms with Gasteiger partial charge in [-0.1, -0.05) is 30.3 Å². The number of rotatable bonds is 6. The second-order valence-electron chi connectivity index (χ2n) is 6.57. The first-order valence-electron chi connectivity index (χ1n) is 8.89. The third-order valence-electron chi connectivity index (χ3n) is 4.36. The van der Waals surface area contributed by atoms with Crippen molar-refractivity contribution in [2.24, 2.45) is 0 Å². The molecule has 0 bridgehead atoms. The molecule has 6 nitrogen and oxygen atoms in total. The molecule has 29 heavy (non-hydrogen) atoms. The molecule has 0 aliphatic carbocycles. The van der Waals surface area contributed by atoms with Crippen molar-refractivity contribution in [3.63, 3.8) is 0 Å². The third kappa shape index (κ3) is 4.23. The maximum atomic E-state index is 12.7. The maximum Gasteiger partial charge on any atom is 0.289 e. The number of aromatic nitrogens is 1. The zero-order valence-electron chi connectivity index (χ0n) is 15.6. The highest BCUT2D eigenvalue weighted by Gasteiger charge is 2.21. The van der Waals surface area contributed by atoms with Crippen LogP contribution in [0.2, 0.25) is 0 Å². The Kier molecular flexibility index (Phi) is 5.21. The third-order valence-corrected chi connectivity index (χ3v) is 7.04. The first-order valence-corrected chi connectivity index (χ1v) is 11.4. The molecule has 0 fully saturated rings. The van der Waals surface area contributed by atoms with Crippen LogP contribution in [0, 0.1) is 0 Å². The van der Waals surface area contributed by atoms with Gasteiger partial charge < -0.3 is 9.32 Å². The number of hydrogen-bond donors (Lipinski definition) is 0. The summed E-state index contributed by atoms with van der Waals surface area (Å²) in [6, 6.07) is 19.0. The number of furan rings is 1. The molecule has 0 saturated carbocycles. The van der Waals surface area contributed by atoms with Gasteiger partial charge in [0, 0.05) is 7.05 Å². The molecular weight excluding hydrogens is 408 g/mol. The molecule has 0 unspecified atom stereocenters. The lowest BCUT2D eigenvalue weighted by atomic mass is 10.3. The number of para-hydroxylation sites is 1. The number of sulfone groups is 1. The summed E-state index contributed by atoms with van der Waals surface area (Å²) in [5, 5.41) is 0.820. The number of nitrogens with zero attached hydrogens (tertiary/aromatic N) is 2. The van der Waals surface area contributed by atoms with Crippen molar-refractivity contribution in [2.75, 3.05) is 7.05 Å². The van der Waals surface area contributed by atoms with E-state index in [0.29, 0.717) is 6.54 Å². The highest BCUT2D eigenvalue weighted by atomic mass is 32.2. The summed E-state index contributed by atoms with van der Waals surface area (Å²) in [6.45, 7) is 0.344. The Labute approximate surface area is 172 Å². The first-order chi connectivity index (χ1) is 13.9. The van der Waals surface area contributed by atoms with Crippen LogP contribution >= 0.6 is 11.3 Å². The number of benzene rings is 2. The van der Waals surface area contributed by atoms with E-state index in [4.69, 9.17) is 4.42 Å². The Hall–Kier alpha value is -2.97. The highest BCUT2D eigenvalue weighted by Crippen LogP contribution is 2.23. The molecule has 4 rings (SSSR count). The lowest BCUT2D eigenvalue weighted by Gasteiger charge is -2.13. The van der Waals surface area contributed by atoms with Gasteiger partial charge >= 0.3 is 0 Å². The molecule has 0 aliphatic rings. The zero-order chi connectivity index (χ0) is 20.4. The fourth-order valence-corrected chi connectivity index (χ4v) is 5.21. The fourth-order valence-electron chi connectivity index (χ4n) is 2.92. The molecule has 0 atom stereocenters. The van der Waals surface area contributed by atoms with Crippen LogP contribution in [-0.4, -0.2) is 31.3 Å². The van der Waals surface area contributed by atoms with Crippen LogP contribution in [0.5, 0.6) is 0 Å². The van der Waals surface area contributed by atoms with Gasteiger partial charge in [0.1, 0.15) is 16.5 Å². The Bertz CT molecular complexity index is 1230. The average molecular weight is 427 g/mol. The minimum Gasteiger partial charge on any atom is -0.455 e. The van der Waals surface area contributed by atoms with Gasteiger partial charge in [-0.2, -0.15) is 0 Å². The Morgan fingerprint density at radius 1 is 1.03 bits per heavy atom. The minimum atomic E-state index is -3.54. The van der Waals surface area contributed by atoms with Crippen LogP contribution in [0.1, 0.15) is 21.3 Å². The summed E-state index contributed by atoms with van der Waals surface area (Å²) >= 11 is 1.53. The van der Waals surface area contributed by atoms with Crippen molar-refractivity contribution in [1.29, 1.82) is 0 Å². The summed E-state index contributed by atoms with van der Waals surface area (Å²) in [5.74, 6) is -0.295. The average Bonchev–Trinajstić information content (AvgIpc) is 3.34. The maximum absolute atomic E-state index is 12.7. The molecule has 1 amide bonds. The van der Waals surface area contributed by atoms with Gasteiger partial charge in [-0.25, -0.2) is 13.4 Å². The van der Waals surface area contributed by atoms with Crippen molar-refractivity contribution in [3.8, 4) is 0 Å². The second-order valence-corrected chi connectivity index (χ2v) is 9.68. The van der Waals surface area contributed by atoms with Gasteiger partial charge in [-0.15, -0.1) is 11.3 Å². The molecular formula is C21H18N2O4S2. The molecule has 0 radical (unpaired) electrons. The molecule has 8 heteroatoms. The van der Waals surface area contributed by atoms with Crippen LogP contribution < -0.4 is 0 Å². The summed E-state index contributed by atoms with van der Waals surface area (Å²) in [5.41, 5.74) is 0.903. The van der Waals surface area contributed by atoms with Crippen LogP contribution in [-0.2, 0) is 22.1 Å². The number of carbonyl (C=O) groups is 1. The summed E-state index contributed by atoms with van der Waals surface area (Å²) in [6.07, 6.45) is 0. The Morgan fingerprint density at radius 2 is 1.76 bits per heavy atom. The molecule has 148 valence electrons. The lowest BCUT2D eigenvalue weighted by molar-refractivity contribution is 0.0752. The number of thiazole rings is 1. The van der Waals surface area contributed by atoms with E-state index in [1.807, 2.05) is 24.3 Å². The number of hydrogen-bond acceptors (Lipinski definition) is 6. The van der Waals surface area contributed by atoms with Crippen LogP contribution in [0.15, 0.2) is 76.0 Å². The smallest absolute Gasteiger partial charge is 0.289 e. The van der Waals surface area contributed by atoms with E-state index in [9.17, 15) is 13.2 Å². The second kappa shape index (κ2) is 7.81. The van der Waals surface area contributed by atoms with E-state index in [-0.39, 0.29) is 28.1 Å². The molecule has 2 heterocycles. The minimum absolute atomic E-state index is 0.104. The molecule has 0 N–H and O–H groups in total. The predicted octanol–water partition coefficient (Wildman–Crippen LogP) is 4.14. The van der Waals surface area contributed by atoms with E-state index in [1.165, 1.54) is 40.5 Å². The molecule has 4 aromatic rings. The monoisotopic (exact) mass is 426 g/mol. The van der Waals surface area contributed by atoms with Crippen LogP contribution in [0.25, 0.3) is 10.2 Å². The van der Waals surface area contributed by atoms with Crippen LogP contribution in [0.4, 0.5) is 0 Å². The van der Waals surface area contributed by atoms with Gasteiger partial charge in [0.2, 0.25) is 0 Å². The zero-order valence-corrected chi connectivity index (χ0v) is 17.2. The Morgan fingerprint density at radius 3 is 2.52 bits per heavy atom. The van der Waals surface area contributed by atoms with Crippen molar-refractivity contribution in [2.45, 2.75) is 17.2 Å². The van der Waals surface area contributed by atoms with Crippen LogP contribution in [0.3, 0.4) is 0 Å². The van der Waals surface area contributed by atoms with E-state index in [2.05, 4.69) is 4.98 Å². The van der Waals surface area contributed by atoms with Gasteiger partial charge in [0.15, 0.2) is 15.6 Å². The number of carbonyl (C=O) groups excluding carboxylic acids is 1. The van der Waals surface area contributed by atoms with Gasteiger partial charge in [-0.3, -0.25) is 4.79 Å². The SMILES string of the molecule is CN(Cc1nc2ccccc2s1)C(=O)c1ccc(CS(=O)(=O)c2ccccc2)o1. The summed E-state index contributed by atoms with van der Waals surface area (Å²) in [7, 11) is -1.87. The molecule has 0 saturated heterocycles. The van der Waals surface area contributed by atoms with E-state index in [1.54, 1.807) is 25.2 Å². The highest BCUT2D eigenvalue weighted by molar-refractivity contribution is 7.90. The summed E-state index contributed by atoms with van der Waals surface area (Å²) < 4.78 is 31.6. The number of fused-ring (bicyclic) bond motifs is 1. The van der Waals surface area contributed by atoms with E-state index in [0.717, 1.165) is 15.2 Å². The first kappa shape index (κ1) is 19.4. The molecule has 2 aromatic heterocycles. The van der Waals surface area contributed by atoms with Gasteiger partial charge in [-0.05, 0) is 36.4 Å². The van der Waals surface area contributed by atoms with Crippen molar-refractivity contribution in [3.05, 3.63) is 83.3 Å². The van der Waals surface area contributed by atoms with E-state index >= 15 is 0 Å². The normalized spacial score (nSPS) is 11.6. The van der Waals surface area contributed by atoms with Crippen molar-refractivity contribution < 1.29 is 17.6 Å². The summed E-state index contributed by atoms with van der Waals surface area (Å²) in [4.78, 5) is 18.9. The lowest BCUT2D eigenvalue weighted by Crippen LogP contribution is -2.25. The fraction of sp³-hybridized carbons (Fsp3) is 0.143. The van der Waals surface area contributed by atoms with Gasteiger partial charge in [0.25, 0.3) is 5.91 Å². The topological polar surface area (TPSA) is 80.5 Å². The van der Waals surface area contributed by atoms with Gasteiger partial charge in [0.05, 0.1) is 21.7 Å². The molecule has 0 aliphatic heterocycles.